The maximum absolute atomic E-state index is 5.55. The van der Waals surface area contributed by atoms with Crippen molar-refractivity contribution >= 4 is 5.82 Å². The molecule has 5 nitrogen and oxygen atoms in total. The molecule has 0 aromatic carbocycles. The lowest BCUT2D eigenvalue weighted by Crippen LogP contribution is -2.21. The highest BCUT2D eigenvalue weighted by atomic mass is 16.5. The van der Waals surface area contributed by atoms with Crippen molar-refractivity contribution in [2.45, 2.75) is 33.3 Å². The average molecular weight is 251 g/mol. The third kappa shape index (κ3) is 2.90. The Hall–Kier alpha value is -1.36. The molecule has 18 heavy (non-hydrogen) atoms. The smallest absolute Gasteiger partial charge is 0.221 e. The summed E-state index contributed by atoms with van der Waals surface area (Å²) in [4.78, 5) is 8.39. The van der Waals surface area contributed by atoms with Crippen molar-refractivity contribution in [1.29, 1.82) is 0 Å². The number of nitrogens with one attached hydrogen (secondary N) is 1. The van der Waals surface area contributed by atoms with Crippen molar-refractivity contribution in [3.8, 4) is 5.88 Å². The summed E-state index contributed by atoms with van der Waals surface area (Å²) in [6.07, 6.45) is 2.97. The zero-order chi connectivity index (χ0) is 13.0. The Bertz CT molecular complexity index is 398. The predicted molar refractivity (Wildman–Crippen MR) is 69.9 cm³/mol. The van der Waals surface area contributed by atoms with Crippen LogP contribution in [-0.4, -0.2) is 35.8 Å². The first-order chi connectivity index (χ1) is 8.72. The second-order valence-corrected chi connectivity index (χ2v) is 4.59. The van der Waals surface area contributed by atoms with E-state index in [1.54, 1.807) is 0 Å². The SMILES string of the molecule is CCOc1ncnc(NCC2CCOC2C)c1C. The van der Waals surface area contributed by atoms with Gasteiger partial charge in [-0.05, 0) is 27.2 Å². The van der Waals surface area contributed by atoms with Crippen molar-refractivity contribution < 1.29 is 9.47 Å². The number of hydrogen-bond donors (Lipinski definition) is 1. The Morgan fingerprint density at radius 2 is 2.33 bits per heavy atom. The summed E-state index contributed by atoms with van der Waals surface area (Å²) in [6, 6.07) is 0. The molecule has 0 aliphatic carbocycles. The molecule has 1 aromatic rings. The monoisotopic (exact) mass is 251 g/mol. The van der Waals surface area contributed by atoms with Gasteiger partial charge in [0.05, 0.1) is 18.3 Å². The number of rotatable bonds is 5. The highest BCUT2D eigenvalue weighted by Gasteiger charge is 2.24. The molecule has 2 heterocycles. The maximum Gasteiger partial charge on any atom is 0.221 e. The molecular formula is C13H21N3O2. The van der Waals surface area contributed by atoms with E-state index in [1.807, 2.05) is 13.8 Å². The third-order valence-corrected chi connectivity index (χ3v) is 3.38. The summed E-state index contributed by atoms with van der Waals surface area (Å²) in [5, 5.41) is 3.37. The molecule has 1 aliphatic heterocycles. The first-order valence-electron chi connectivity index (χ1n) is 6.52. The summed E-state index contributed by atoms with van der Waals surface area (Å²) >= 11 is 0. The first kappa shape index (κ1) is 13.1. The highest BCUT2D eigenvalue weighted by Crippen LogP contribution is 2.23. The van der Waals surface area contributed by atoms with Crippen LogP contribution in [0.3, 0.4) is 0 Å². The Morgan fingerprint density at radius 1 is 1.50 bits per heavy atom. The van der Waals surface area contributed by atoms with Gasteiger partial charge in [0.1, 0.15) is 12.1 Å². The van der Waals surface area contributed by atoms with Gasteiger partial charge in [0.2, 0.25) is 5.88 Å². The van der Waals surface area contributed by atoms with Crippen LogP contribution in [0.5, 0.6) is 5.88 Å². The van der Waals surface area contributed by atoms with Gasteiger partial charge in [0.15, 0.2) is 0 Å². The Labute approximate surface area is 108 Å². The lowest BCUT2D eigenvalue weighted by atomic mass is 10.0. The van der Waals surface area contributed by atoms with Crippen LogP contribution in [0.25, 0.3) is 0 Å². The summed E-state index contributed by atoms with van der Waals surface area (Å²) in [5.41, 5.74) is 0.964. The standard InChI is InChI=1S/C13H21N3O2/c1-4-17-13-9(2)12(15-8-16-13)14-7-11-5-6-18-10(11)3/h8,10-11H,4-7H2,1-3H3,(H,14,15,16). The van der Waals surface area contributed by atoms with Gasteiger partial charge in [-0.15, -0.1) is 0 Å². The Morgan fingerprint density at radius 3 is 3.00 bits per heavy atom. The summed E-state index contributed by atoms with van der Waals surface area (Å²) in [6.45, 7) is 8.40. The lowest BCUT2D eigenvalue weighted by molar-refractivity contribution is 0.108. The van der Waals surface area contributed by atoms with Gasteiger partial charge < -0.3 is 14.8 Å². The van der Waals surface area contributed by atoms with Gasteiger partial charge in [-0.2, -0.15) is 0 Å². The predicted octanol–water partition coefficient (Wildman–Crippen LogP) is 2.02. The van der Waals surface area contributed by atoms with Crippen LogP contribution in [0.2, 0.25) is 0 Å². The van der Waals surface area contributed by atoms with E-state index in [0.717, 1.165) is 31.0 Å². The van der Waals surface area contributed by atoms with E-state index in [1.165, 1.54) is 6.33 Å². The first-order valence-corrected chi connectivity index (χ1v) is 6.52. The Kier molecular flexibility index (Phi) is 4.36. The van der Waals surface area contributed by atoms with Crippen LogP contribution in [0.1, 0.15) is 25.8 Å². The van der Waals surface area contributed by atoms with E-state index in [4.69, 9.17) is 9.47 Å². The van der Waals surface area contributed by atoms with Crippen molar-refractivity contribution in [3.63, 3.8) is 0 Å². The van der Waals surface area contributed by atoms with Crippen LogP contribution in [0, 0.1) is 12.8 Å². The third-order valence-electron chi connectivity index (χ3n) is 3.38. The summed E-state index contributed by atoms with van der Waals surface area (Å²) < 4.78 is 11.0. The molecule has 1 aromatic heterocycles. The van der Waals surface area contributed by atoms with Crippen LogP contribution in [-0.2, 0) is 4.74 Å². The minimum atomic E-state index is 0.325. The fourth-order valence-electron chi connectivity index (χ4n) is 2.17. The molecule has 2 rings (SSSR count). The molecule has 0 bridgehead atoms. The molecule has 1 N–H and O–H groups in total. The van der Waals surface area contributed by atoms with Crippen molar-refractivity contribution in [3.05, 3.63) is 11.9 Å². The number of nitrogens with zero attached hydrogens (tertiary/aromatic N) is 2. The summed E-state index contributed by atoms with van der Waals surface area (Å²) in [7, 11) is 0. The molecule has 2 unspecified atom stereocenters. The fraction of sp³-hybridized carbons (Fsp3) is 0.692. The number of ether oxygens (including phenoxy) is 2. The molecule has 0 amide bonds. The van der Waals surface area contributed by atoms with Crippen molar-refractivity contribution in [2.24, 2.45) is 5.92 Å². The Balaban J connectivity index is 1.98. The van der Waals surface area contributed by atoms with E-state index in [2.05, 4.69) is 22.2 Å². The molecular weight excluding hydrogens is 230 g/mol. The minimum Gasteiger partial charge on any atom is -0.478 e. The topological polar surface area (TPSA) is 56.3 Å². The van der Waals surface area contributed by atoms with Crippen LogP contribution in [0.15, 0.2) is 6.33 Å². The molecule has 1 saturated heterocycles. The zero-order valence-electron chi connectivity index (χ0n) is 11.3. The summed E-state index contributed by atoms with van der Waals surface area (Å²) in [5.74, 6) is 2.06. The molecule has 0 saturated carbocycles. The van der Waals surface area contributed by atoms with E-state index in [9.17, 15) is 0 Å². The van der Waals surface area contributed by atoms with Crippen LogP contribution >= 0.6 is 0 Å². The van der Waals surface area contributed by atoms with E-state index in [0.29, 0.717) is 24.5 Å². The minimum absolute atomic E-state index is 0.325. The van der Waals surface area contributed by atoms with Crippen LogP contribution in [0.4, 0.5) is 5.82 Å². The highest BCUT2D eigenvalue weighted by molar-refractivity contribution is 5.47. The van der Waals surface area contributed by atoms with Gasteiger partial charge in [-0.25, -0.2) is 9.97 Å². The van der Waals surface area contributed by atoms with E-state index >= 15 is 0 Å². The number of aromatic nitrogens is 2. The van der Waals surface area contributed by atoms with Gasteiger partial charge in [0.25, 0.3) is 0 Å². The maximum atomic E-state index is 5.55. The molecule has 1 aliphatic rings. The molecule has 0 radical (unpaired) electrons. The van der Waals surface area contributed by atoms with Crippen molar-refractivity contribution in [1.82, 2.24) is 9.97 Å². The number of hydrogen-bond acceptors (Lipinski definition) is 5. The van der Waals surface area contributed by atoms with Gasteiger partial charge >= 0.3 is 0 Å². The van der Waals surface area contributed by atoms with Gasteiger partial charge in [-0.3, -0.25) is 0 Å². The van der Waals surface area contributed by atoms with E-state index < -0.39 is 0 Å². The molecule has 1 fully saturated rings. The second-order valence-electron chi connectivity index (χ2n) is 4.59. The van der Waals surface area contributed by atoms with Crippen molar-refractivity contribution in [2.75, 3.05) is 25.1 Å². The largest absolute Gasteiger partial charge is 0.478 e. The second kappa shape index (κ2) is 6.00. The lowest BCUT2D eigenvalue weighted by Gasteiger charge is -2.16. The molecule has 0 spiro atoms. The molecule has 5 heteroatoms. The van der Waals surface area contributed by atoms with E-state index in [-0.39, 0.29) is 0 Å². The average Bonchev–Trinajstić information content (AvgIpc) is 2.76. The normalized spacial score (nSPS) is 23.1. The van der Waals surface area contributed by atoms with Gasteiger partial charge in [-0.1, -0.05) is 0 Å². The molecule has 100 valence electrons. The quantitative estimate of drug-likeness (QED) is 0.867. The molecule has 2 atom stereocenters. The number of anilines is 1. The fourth-order valence-corrected chi connectivity index (χ4v) is 2.17. The van der Waals surface area contributed by atoms with Gasteiger partial charge in [0, 0.05) is 19.1 Å². The van der Waals surface area contributed by atoms with Crippen LogP contribution < -0.4 is 10.1 Å². The zero-order valence-corrected chi connectivity index (χ0v) is 11.3.